The van der Waals surface area contributed by atoms with Crippen LogP contribution in [-0.2, 0) is 134 Å². The van der Waals surface area contributed by atoms with Crippen molar-refractivity contribution in [2.45, 2.75) is 48.5 Å². The first kappa shape index (κ1) is 82.6. The number of aromatic nitrogens is 8. The third-order valence-corrected chi connectivity index (χ3v) is 14.0. The van der Waals surface area contributed by atoms with Gasteiger partial charge in [0, 0.05) is 54.0 Å². The van der Waals surface area contributed by atoms with E-state index in [1.807, 2.05) is 0 Å². The van der Waals surface area contributed by atoms with Gasteiger partial charge >= 0.3 is 118 Å². The Kier molecular flexibility index (Phi) is 28.3. The van der Waals surface area contributed by atoms with Gasteiger partial charge in [-0.3, -0.25) is 33.6 Å². The summed E-state index contributed by atoms with van der Waals surface area (Å²) in [6.45, 7) is 2.16. The monoisotopic (exact) mass is 1580 g/mol. The van der Waals surface area contributed by atoms with Crippen molar-refractivity contribution in [1.82, 2.24) is 39.9 Å². The van der Waals surface area contributed by atoms with Crippen molar-refractivity contribution in [2.75, 3.05) is 47.6 Å². The van der Waals surface area contributed by atoms with E-state index in [4.69, 9.17) is 66.3 Å². The Morgan fingerprint density at radius 1 is 0.239 bits per heavy atom. The Hall–Kier alpha value is -13.7. The molecule has 0 saturated heterocycles. The number of carboxylic acid groups (broad SMARTS) is 1. The maximum absolute atomic E-state index is 13.6. The molecule has 16 bridgehead atoms. The number of esters is 14. The third kappa shape index (κ3) is 20.8. The normalized spacial score (nSPS) is 11.1. The third-order valence-electron chi connectivity index (χ3n) is 14.0. The number of hydrogen-bond donors (Lipinski definition) is 0. The van der Waals surface area contributed by atoms with E-state index < -0.39 is 143 Å². The van der Waals surface area contributed by atoms with Gasteiger partial charge in [0.2, 0.25) is 47.6 Å². The molecule has 0 N–H and O–H groups in total. The number of carboxylic acids is 1. The first-order valence-corrected chi connectivity index (χ1v) is 30.5. The fraction of sp³-hybridized carbons (Fsp3) is 0.203. The van der Waals surface area contributed by atoms with Gasteiger partial charge < -0.3 is 96.2 Å². The summed E-state index contributed by atoms with van der Waals surface area (Å²) in [6.07, 6.45) is 10.4. The molecule has 0 atom stereocenters. The van der Waals surface area contributed by atoms with E-state index in [2.05, 4.69) is 39.9 Å². The van der Waals surface area contributed by atoms with Crippen molar-refractivity contribution in [3.63, 3.8) is 0 Å². The number of rotatable bonds is 22. The van der Waals surface area contributed by atoms with E-state index in [9.17, 15) is 77.0 Å². The number of carbonyl (C=O) groups excluding carboxylic acids is 15. The molecule has 109 heavy (non-hydrogen) atoms. The standard InChI is InChI=1S/C36H29N4O16.C33H26N4O14.2Mn/c1-17(41)49-13-53-33(45)29-21-5-7-23(37-21)30(34(46)54-14-50-18(2)42)25-9-11-27(39-25)32(36(48)56-16-52-20(4)44)28-12-10-26(40-28)31(24-8-6-22(29)38-24)35(47)55-15-51-19(3)43;1-15(38)46-12-49-31(43)27-20-6-4-18(34-20)26(30(41)42)19-5-7-21(35-19)28(32(44)50-13-47-16(2)39)23-9-11-25(37-23)29(24-10-8-22(27)36-24)33(45)51-14-48-17(3)40;;/h5-12H,13-16H2,1-4H3,(H-,37,38,39,40,45,46,47,48);4-11H,12-14H2,1-3H3,(H3,34,35,36,37,41,42,43,44,45);;/q-1;;2*+2/p-4. The Bertz CT molecular complexity index is 4920. The van der Waals surface area contributed by atoms with Crippen LogP contribution in [0.2, 0.25) is 0 Å². The fourth-order valence-corrected chi connectivity index (χ4v) is 9.51. The van der Waals surface area contributed by atoms with Crippen LogP contribution in [0.4, 0.5) is 0 Å². The molecule has 2 radical (unpaired) electrons. The van der Waals surface area contributed by atoms with Crippen LogP contribution in [0.15, 0.2) is 48.5 Å². The van der Waals surface area contributed by atoms with Crippen LogP contribution in [0, 0.1) is 0 Å². The topological polar surface area (TPSA) is 516 Å². The molecule has 10 rings (SSSR count). The molecule has 562 valence electrons. The maximum atomic E-state index is 13.6. The molecule has 10 heterocycles. The average Bonchev–Trinajstić information content (AvgIpc) is 1.63. The minimum atomic E-state index is -1.71. The Morgan fingerprint density at radius 2 is 0.367 bits per heavy atom. The quantitative estimate of drug-likeness (QED) is 0.0401. The zero-order valence-electron chi connectivity index (χ0n) is 57.3. The summed E-state index contributed by atoms with van der Waals surface area (Å²) in [5.41, 5.74) is -5.02. The molecule has 40 heteroatoms. The van der Waals surface area contributed by atoms with Gasteiger partial charge in [-0.05, 0) is 48.6 Å². The molecule has 0 spiro atoms. The largest absolute Gasteiger partial charge is 2.00 e. The number of hydrogen-bond acceptors (Lipinski definition) is 34. The van der Waals surface area contributed by atoms with Gasteiger partial charge in [0.1, 0.15) is 0 Å². The van der Waals surface area contributed by atoms with Crippen LogP contribution in [0.3, 0.4) is 0 Å². The molecule has 0 amide bonds. The summed E-state index contributed by atoms with van der Waals surface area (Å²) in [7, 11) is 0. The van der Waals surface area contributed by atoms with Crippen molar-refractivity contribution >= 4 is 182 Å². The van der Waals surface area contributed by atoms with Gasteiger partial charge in [-0.15, -0.1) is 44.1 Å². The SMILES string of the molecule is CC(=O)OCOC(=O)c1c2nc(c(C(=O)OCOC(C)=O)c3ccc([n-]3)c(C(=O)OCOC(C)=O)c3nc(c(C(=O)OCOC(C)=O)c4ccc1[n-]4)C=C3)C=C2.CC(=O)OCOC(=O)c1c2nc(c(C(=O)OCOC(C)=O)c3ccc([n-]3)c(C(=O)OCOC(C)=O)c3nc(c(C(=O)[O-])c4ccc1[n-]4)C=C3)C=C2.[Mn+2].[Mn+2]. The number of nitrogens with zero attached hydrogens (tertiary/aromatic N) is 8. The van der Waals surface area contributed by atoms with E-state index in [0.717, 1.165) is 48.5 Å². The summed E-state index contributed by atoms with van der Waals surface area (Å²) >= 11 is 0. The molecule has 0 unspecified atom stereocenters. The van der Waals surface area contributed by atoms with Crippen LogP contribution < -0.4 is 25.0 Å². The number of aromatic carboxylic acids is 1. The van der Waals surface area contributed by atoms with E-state index in [-0.39, 0.29) is 163 Å². The van der Waals surface area contributed by atoms with Crippen LogP contribution in [0.5, 0.6) is 0 Å². The van der Waals surface area contributed by atoms with Gasteiger partial charge in [0.05, 0.1) is 90.5 Å². The maximum Gasteiger partial charge on any atom is 2.00 e. The molecule has 0 fully saturated rings. The van der Waals surface area contributed by atoms with Gasteiger partial charge in [0.15, 0.2) is 0 Å². The van der Waals surface area contributed by atoms with E-state index in [0.29, 0.717) is 0 Å². The second-order valence-electron chi connectivity index (χ2n) is 21.3. The first-order valence-electron chi connectivity index (χ1n) is 30.5. The fourth-order valence-electron chi connectivity index (χ4n) is 9.51. The van der Waals surface area contributed by atoms with Crippen molar-refractivity contribution in [3.8, 4) is 0 Å². The minimum absolute atomic E-state index is 0. The molecule has 38 nitrogen and oxygen atoms in total. The van der Waals surface area contributed by atoms with Gasteiger partial charge in [-0.2, -0.15) is 0 Å². The average molecular weight is 1580 g/mol. The van der Waals surface area contributed by atoms with Crippen LogP contribution in [0.25, 0.3) is 92.7 Å². The van der Waals surface area contributed by atoms with Gasteiger partial charge in [-0.1, -0.05) is 48.5 Å². The summed E-state index contributed by atoms with van der Waals surface area (Å²) < 4.78 is 69.1. The van der Waals surface area contributed by atoms with E-state index in [1.54, 1.807) is 0 Å². The van der Waals surface area contributed by atoms with Crippen molar-refractivity contribution < 1.29 is 177 Å². The number of carbonyl (C=O) groups is 15. The molecule has 0 saturated carbocycles. The van der Waals surface area contributed by atoms with Crippen molar-refractivity contribution in [3.05, 3.63) is 139 Å². The molecule has 4 aliphatic heterocycles. The smallest absolute Gasteiger partial charge is 0.656 e. The molecule has 6 aromatic rings. The van der Waals surface area contributed by atoms with E-state index in [1.165, 1.54) is 97.1 Å². The molecular formula is C69H51Mn2N8O30-. The van der Waals surface area contributed by atoms with Crippen LogP contribution >= 0.6 is 0 Å². The zero-order valence-corrected chi connectivity index (χ0v) is 59.6. The predicted octanol–water partition coefficient (Wildman–Crippen LogP) is 3.93. The van der Waals surface area contributed by atoms with Crippen molar-refractivity contribution in [1.29, 1.82) is 0 Å². The number of ether oxygens (including phenoxy) is 14. The summed E-state index contributed by atoms with van der Waals surface area (Å²) in [5.74, 6) is -14.5. The van der Waals surface area contributed by atoms with Gasteiger partial charge in [-0.25, -0.2) is 53.5 Å². The summed E-state index contributed by atoms with van der Waals surface area (Å²) in [5, 5.41) is 12.4. The number of fused-ring (bicyclic) bond motifs is 16. The molecule has 4 aliphatic rings. The minimum Gasteiger partial charge on any atom is -0.656 e. The summed E-state index contributed by atoms with van der Waals surface area (Å²) in [4.78, 5) is 221. The Morgan fingerprint density at radius 3 is 0.495 bits per heavy atom. The molecular weight excluding hydrogens is 1530 g/mol. The second kappa shape index (κ2) is 37.3. The Labute approximate surface area is 631 Å². The second-order valence-corrected chi connectivity index (χ2v) is 21.3. The molecule has 6 aromatic heterocycles. The van der Waals surface area contributed by atoms with Crippen LogP contribution in [0.1, 0.15) is 177 Å². The van der Waals surface area contributed by atoms with Gasteiger partial charge in [0.25, 0.3) is 0 Å². The van der Waals surface area contributed by atoms with Crippen LogP contribution in [-0.4, -0.2) is 157 Å². The van der Waals surface area contributed by atoms with E-state index >= 15 is 0 Å². The molecule has 0 aliphatic carbocycles. The Balaban J connectivity index is 0.000000299. The van der Waals surface area contributed by atoms with Crippen molar-refractivity contribution in [2.24, 2.45) is 0 Å². The zero-order chi connectivity index (χ0) is 77.3. The molecule has 0 aromatic carbocycles. The first-order chi connectivity index (χ1) is 51.1. The predicted molar refractivity (Wildman–Crippen MR) is 352 cm³/mol. The summed E-state index contributed by atoms with van der Waals surface area (Å²) in [6, 6.07) is 10.4.